The first kappa shape index (κ1) is 17.4. The number of nitrogens with zero attached hydrogens (tertiary/aromatic N) is 2. The van der Waals surface area contributed by atoms with Crippen molar-refractivity contribution >= 4 is 11.8 Å². The summed E-state index contributed by atoms with van der Waals surface area (Å²) in [6.45, 7) is 14.0. The van der Waals surface area contributed by atoms with Gasteiger partial charge in [0.15, 0.2) is 0 Å². The molecule has 1 aromatic rings. The molecule has 0 saturated heterocycles. The maximum atomic E-state index is 4.66. The summed E-state index contributed by atoms with van der Waals surface area (Å²) in [5, 5.41) is 3.52. The topological polar surface area (TPSA) is 37.8 Å². The third kappa shape index (κ3) is 6.23. The average molecular weight is 295 g/mol. The van der Waals surface area contributed by atoms with Crippen LogP contribution in [0, 0.1) is 13.8 Å². The fraction of sp³-hybridized carbons (Fsp3) is 0.750. The van der Waals surface area contributed by atoms with Crippen molar-refractivity contribution in [1.82, 2.24) is 15.3 Å². The van der Waals surface area contributed by atoms with E-state index in [4.69, 9.17) is 0 Å². The van der Waals surface area contributed by atoms with Gasteiger partial charge in [-0.3, -0.25) is 0 Å². The molecule has 0 bridgehead atoms. The molecule has 0 aromatic carbocycles. The maximum absolute atomic E-state index is 4.66. The van der Waals surface area contributed by atoms with Crippen molar-refractivity contribution in [3.05, 3.63) is 22.8 Å². The van der Waals surface area contributed by atoms with Gasteiger partial charge in [0.1, 0.15) is 5.82 Å². The largest absolute Gasteiger partial charge is 0.312 e. The highest BCUT2D eigenvalue weighted by Gasteiger charge is 2.11. The van der Waals surface area contributed by atoms with E-state index in [-0.39, 0.29) is 5.54 Å². The Hall–Kier alpha value is -0.610. The van der Waals surface area contributed by atoms with Gasteiger partial charge in [-0.2, -0.15) is 11.8 Å². The fourth-order valence-corrected chi connectivity index (χ4v) is 2.85. The van der Waals surface area contributed by atoms with Crippen LogP contribution in [0.3, 0.4) is 0 Å². The van der Waals surface area contributed by atoms with E-state index in [2.05, 4.69) is 56.8 Å². The van der Waals surface area contributed by atoms with Crippen LogP contribution in [0.1, 0.15) is 56.9 Å². The van der Waals surface area contributed by atoms with Crippen LogP contribution in [-0.2, 0) is 12.2 Å². The minimum atomic E-state index is 0.166. The van der Waals surface area contributed by atoms with Gasteiger partial charge >= 0.3 is 0 Å². The monoisotopic (exact) mass is 295 g/mol. The molecule has 3 nitrogen and oxygen atoms in total. The van der Waals surface area contributed by atoms with Crippen LogP contribution in [0.5, 0.6) is 0 Å². The van der Waals surface area contributed by atoms with Gasteiger partial charge in [0, 0.05) is 16.9 Å². The first-order chi connectivity index (χ1) is 9.33. The predicted octanol–water partition coefficient (Wildman–Crippen LogP) is 3.67. The summed E-state index contributed by atoms with van der Waals surface area (Å²) in [6, 6.07) is 0. The first-order valence-corrected chi connectivity index (χ1v) is 8.64. The van der Waals surface area contributed by atoms with Gasteiger partial charge < -0.3 is 5.32 Å². The van der Waals surface area contributed by atoms with Crippen LogP contribution >= 0.6 is 11.8 Å². The van der Waals surface area contributed by atoms with E-state index >= 15 is 0 Å². The number of aryl methyl sites for hydroxylation is 2. The number of hydrogen-bond acceptors (Lipinski definition) is 4. The lowest BCUT2D eigenvalue weighted by molar-refractivity contribution is 0.429. The molecule has 0 spiro atoms. The van der Waals surface area contributed by atoms with Crippen LogP contribution in [0.15, 0.2) is 0 Å². The quantitative estimate of drug-likeness (QED) is 0.779. The molecule has 0 radical (unpaired) electrons. The van der Waals surface area contributed by atoms with Crippen LogP contribution in [0.4, 0.5) is 0 Å². The highest BCUT2D eigenvalue weighted by atomic mass is 32.2. The Bertz CT molecular complexity index is 401. The molecule has 1 heterocycles. The number of aromatic nitrogens is 2. The van der Waals surface area contributed by atoms with Crippen molar-refractivity contribution in [2.75, 3.05) is 12.3 Å². The van der Waals surface area contributed by atoms with E-state index in [1.807, 2.05) is 11.8 Å². The Morgan fingerprint density at radius 2 is 1.70 bits per heavy atom. The van der Waals surface area contributed by atoms with Crippen molar-refractivity contribution in [2.45, 2.75) is 65.7 Å². The minimum absolute atomic E-state index is 0.166. The maximum Gasteiger partial charge on any atom is 0.138 e. The van der Waals surface area contributed by atoms with E-state index in [0.29, 0.717) is 0 Å². The van der Waals surface area contributed by atoms with Crippen LogP contribution in [-0.4, -0.2) is 27.8 Å². The normalized spacial score (nSPS) is 11.9. The molecule has 4 heteroatoms. The van der Waals surface area contributed by atoms with Gasteiger partial charge in [-0.1, -0.05) is 6.92 Å². The zero-order chi connectivity index (χ0) is 15.2. The summed E-state index contributed by atoms with van der Waals surface area (Å²) >= 11 is 1.91. The van der Waals surface area contributed by atoms with Crippen molar-refractivity contribution < 1.29 is 0 Å². The van der Waals surface area contributed by atoms with E-state index in [9.17, 15) is 0 Å². The summed E-state index contributed by atoms with van der Waals surface area (Å²) in [4.78, 5) is 9.32. The van der Waals surface area contributed by atoms with E-state index in [1.54, 1.807) is 0 Å². The second-order valence-electron chi connectivity index (χ2n) is 6.27. The Balaban J connectivity index is 2.64. The molecule has 0 atom stereocenters. The molecule has 0 aliphatic rings. The first-order valence-electron chi connectivity index (χ1n) is 7.49. The summed E-state index contributed by atoms with van der Waals surface area (Å²) in [5.41, 5.74) is 3.74. The fourth-order valence-electron chi connectivity index (χ4n) is 2.11. The average Bonchev–Trinajstić information content (AvgIpc) is 2.32. The van der Waals surface area contributed by atoms with Crippen molar-refractivity contribution in [2.24, 2.45) is 0 Å². The summed E-state index contributed by atoms with van der Waals surface area (Å²) in [7, 11) is 0. The molecule has 20 heavy (non-hydrogen) atoms. The van der Waals surface area contributed by atoms with E-state index in [0.717, 1.165) is 35.9 Å². The molecule has 114 valence electrons. The van der Waals surface area contributed by atoms with Crippen LogP contribution in [0.25, 0.3) is 0 Å². The van der Waals surface area contributed by atoms with Crippen LogP contribution < -0.4 is 5.32 Å². The minimum Gasteiger partial charge on any atom is -0.312 e. The number of thioether (sulfide) groups is 1. The second kappa shape index (κ2) is 7.99. The third-order valence-corrected chi connectivity index (χ3v) is 4.24. The predicted molar refractivity (Wildman–Crippen MR) is 89.4 cm³/mol. The Morgan fingerprint density at radius 1 is 1.10 bits per heavy atom. The third-order valence-electron chi connectivity index (χ3n) is 3.08. The molecule has 0 fully saturated rings. The molecule has 0 saturated carbocycles. The smallest absolute Gasteiger partial charge is 0.138 e. The van der Waals surface area contributed by atoms with E-state index < -0.39 is 0 Å². The molecule has 1 rings (SSSR count). The summed E-state index contributed by atoms with van der Waals surface area (Å²) in [6.07, 6.45) is 2.20. The van der Waals surface area contributed by atoms with Crippen molar-refractivity contribution in [3.63, 3.8) is 0 Å². The Labute approximate surface area is 128 Å². The van der Waals surface area contributed by atoms with Crippen molar-refractivity contribution in [1.29, 1.82) is 0 Å². The van der Waals surface area contributed by atoms with Gasteiger partial charge in [0.05, 0.1) is 5.75 Å². The SMILES string of the molecule is CCCSCc1nc(C)c(CCNC(C)(C)C)c(C)n1. The standard InChI is InChI=1S/C16H29N3S/c1-7-10-20-11-15-18-12(2)14(13(3)19-15)8-9-17-16(4,5)6/h17H,7-11H2,1-6H3. The summed E-state index contributed by atoms with van der Waals surface area (Å²) in [5.74, 6) is 3.08. The highest BCUT2D eigenvalue weighted by molar-refractivity contribution is 7.98. The molecule has 1 aromatic heterocycles. The van der Waals surface area contributed by atoms with Gasteiger partial charge in [-0.15, -0.1) is 0 Å². The molecule has 0 aliphatic heterocycles. The Morgan fingerprint density at radius 3 is 2.20 bits per heavy atom. The van der Waals surface area contributed by atoms with Gasteiger partial charge in [-0.25, -0.2) is 9.97 Å². The van der Waals surface area contributed by atoms with Gasteiger partial charge in [0.2, 0.25) is 0 Å². The van der Waals surface area contributed by atoms with Gasteiger partial charge in [-0.05, 0) is 65.3 Å². The van der Waals surface area contributed by atoms with Gasteiger partial charge in [0.25, 0.3) is 0 Å². The Kier molecular flexibility index (Phi) is 6.96. The lowest BCUT2D eigenvalue weighted by atomic mass is 10.1. The molecule has 0 aliphatic carbocycles. The zero-order valence-electron chi connectivity index (χ0n) is 13.8. The molecular formula is C16H29N3S. The second-order valence-corrected chi connectivity index (χ2v) is 7.37. The summed E-state index contributed by atoms with van der Waals surface area (Å²) < 4.78 is 0. The van der Waals surface area contributed by atoms with E-state index in [1.165, 1.54) is 17.7 Å². The zero-order valence-corrected chi connectivity index (χ0v) is 14.7. The lowest BCUT2D eigenvalue weighted by Crippen LogP contribution is -2.37. The molecular weight excluding hydrogens is 266 g/mol. The number of rotatable bonds is 7. The highest BCUT2D eigenvalue weighted by Crippen LogP contribution is 2.15. The van der Waals surface area contributed by atoms with Crippen LogP contribution in [0.2, 0.25) is 0 Å². The molecule has 0 unspecified atom stereocenters. The number of nitrogens with one attached hydrogen (secondary N) is 1. The molecule has 0 amide bonds. The van der Waals surface area contributed by atoms with Crippen molar-refractivity contribution in [3.8, 4) is 0 Å². The molecule has 1 N–H and O–H groups in total. The number of hydrogen-bond donors (Lipinski definition) is 1. The lowest BCUT2D eigenvalue weighted by Gasteiger charge is -2.21.